The van der Waals surface area contributed by atoms with Crippen LogP contribution in [0.1, 0.15) is 11.1 Å². The zero-order valence-electron chi connectivity index (χ0n) is 11.2. The lowest BCUT2D eigenvalue weighted by atomic mass is 10.0. The molecule has 3 heteroatoms. The molecule has 0 saturated carbocycles. The van der Waals surface area contributed by atoms with Crippen LogP contribution in [0.15, 0.2) is 59.2 Å². The number of aromatic nitrogens is 1. The van der Waals surface area contributed by atoms with Gasteiger partial charge in [0.1, 0.15) is 5.82 Å². The number of nitrogens with one attached hydrogen (secondary N) is 1. The second kappa shape index (κ2) is 5.63. The van der Waals surface area contributed by atoms with Gasteiger partial charge in [-0.2, -0.15) is 0 Å². The maximum atomic E-state index is 4.41. The number of halogens is 1. The third-order valence-corrected chi connectivity index (χ3v) is 3.91. The molecule has 1 aromatic heterocycles. The zero-order valence-corrected chi connectivity index (χ0v) is 12.8. The molecule has 2 aromatic carbocycles. The van der Waals surface area contributed by atoms with E-state index in [1.807, 2.05) is 13.1 Å². The minimum atomic E-state index is 0.760. The van der Waals surface area contributed by atoms with E-state index in [1.165, 1.54) is 16.3 Å². The van der Waals surface area contributed by atoms with E-state index < -0.39 is 0 Å². The van der Waals surface area contributed by atoms with Gasteiger partial charge in [-0.1, -0.05) is 42.5 Å². The van der Waals surface area contributed by atoms with Gasteiger partial charge in [0.2, 0.25) is 0 Å². The van der Waals surface area contributed by atoms with Gasteiger partial charge in [-0.05, 0) is 50.8 Å². The molecule has 1 N–H and O–H groups in total. The fourth-order valence-corrected chi connectivity index (χ4v) is 2.89. The van der Waals surface area contributed by atoms with E-state index >= 15 is 0 Å². The van der Waals surface area contributed by atoms with Gasteiger partial charge in [-0.25, -0.2) is 4.98 Å². The molecular weight excluding hydrogens is 312 g/mol. The second-order valence-electron chi connectivity index (χ2n) is 4.83. The van der Waals surface area contributed by atoms with Crippen LogP contribution in [-0.2, 0) is 6.54 Å². The van der Waals surface area contributed by atoms with Crippen molar-refractivity contribution in [1.29, 1.82) is 0 Å². The molecule has 1 heterocycles. The van der Waals surface area contributed by atoms with Crippen molar-refractivity contribution in [2.75, 3.05) is 5.32 Å². The van der Waals surface area contributed by atoms with Crippen LogP contribution in [0.25, 0.3) is 10.8 Å². The largest absolute Gasteiger partial charge is 0.365 e. The molecule has 0 amide bonds. The summed E-state index contributed by atoms with van der Waals surface area (Å²) in [5.41, 5.74) is 2.42. The number of nitrogens with zero attached hydrogens (tertiary/aromatic N) is 1. The highest BCUT2D eigenvalue weighted by Gasteiger charge is 2.03. The predicted molar refractivity (Wildman–Crippen MR) is 87.9 cm³/mol. The summed E-state index contributed by atoms with van der Waals surface area (Å²) in [5.74, 6) is 0.878. The first kappa shape index (κ1) is 13.1. The Morgan fingerprint density at radius 3 is 2.75 bits per heavy atom. The highest BCUT2D eigenvalue weighted by molar-refractivity contribution is 9.10. The Hall–Kier alpha value is -1.87. The lowest BCUT2D eigenvalue weighted by Crippen LogP contribution is -2.02. The Kier molecular flexibility index (Phi) is 3.70. The van der Waals surface area contributed by atoms with Gasteiger partial charge in [0.25, 0.3) is 0 Å². The van der Waals surface area contributed by atoms with Gasteiger partial charge in [0.05, 0.1) is 4.47 Å². The maximum Gasteiger partial charge on any atom is 0.140 e. The molecule has 0 aliphatic heterocycles. The highest BCUT2D eigenvalue weighted by atomic mass is 79.9. The number of hydrogen-bond donors (Lipinski definition) is 1. The van der Waals surface area contributed by atoms with E-state index in [-0.39, 0.29) is 0 Å². The summed E-state index contributed by atoms with van der Waals surface area (Å²) in [7, 11) is 0. The van der Waals surface area contributed by atoms with Crippen LogP contribution in [0, 0.1) is 6.92 Å². The minimum Gasteiger partial charge on any atom is -0.365 e. The van der Waals surface area contributed by atoms with Crippen molar-refractivity contribution in [3.8, 4) is 0 Å². The van der Waals surface area contributed by atoms with Crippen LogP contribution < -0.4 is 5.32 Å². The summed E-state index contributed by atoms with van der Waals surface area (Å²) in [6.45, 7) is 2.79. The highest BCUT2D eigenvalue weighted by Crippen LogP contribution is 2.23. The van der Waals surface area contributed by atoms with Crippen LogP contribution in [0.3, 0.4) is 0 Å². The molecule has 0 unspecified atom stereocenters. The average molecular weight is 327 g/mol. The van der Waals surface area contributed by atoms with E-state index in [0.29, 0.717) is 0 Å². The lowest BCUT2D eigenvalue weighted by molar-refractivity contribution is 1.11. The van der Waals surface area contributed by atoms with Gasteiger partial charge in [-0.3, -0.25) is 0 Å². The van der Waals surface area contributed by atoms with Crippen molar-refractivity contribution in [2.45, 2.75) is 13.5 Å². The normalized spacial score (nSPS) is 10.7. The molecule has 0 atom stereocenters. The van der Waals surface area contributed by atoms with Gasteiger partial charge < -0.3 is 5.32 Å². The van der Waals surface area contributed by atoms with E-state index in [0.717, 1.165) is 22.4 Å². The molecule has 0 spiro atoms. The van der Waals surface area contributed by atoms with Crippen molar-refractivity contribution >= 4 is 32.5 Å². The first-order chi connectivity index (χ1) is 9.74. The zero-order chi connectivity index (χ0) is 13.9. The van der Waals surface area contributed by atoms with Gasteiger partial charge in [0.15, 0.2) is 0 Å². The van der Waals surface area contributed by atoms with E-state index in [2.05, 4.69) is 74.8 Å². The topological polar surface area (TPSA) is 24.9 Å². The maximum absolute atomic E-state index is 4.41. The van der Waals surface area contributed by atoms with Crippen LogP contribution in [0.5, 0.6) is 0 Å². The number of benzene rings is 2. The second-order valence-corrected chi connectivity index (χ2v) is 5.69. The number of aryl methyl sites for hydroxylation is 1. The third-order valence-electron chi connectivity index (χ3n) is 3.30. The summed E-state index contributed by atoms with van der Waals surface area (Å²) >= 11 is 3.55. The molecule has 0 bridgehead atoms. The molecule has 3 rings (SSSR count). The number of rotatable bonds is 3. The van der Waals surface area contributed by atoms with Crippen LogP contribution in [-0.4, -0.2) is 4.98 Å². The minimum absolute atomic E-state index is 0.760. The Morgan fingerprint density at radius 2 is 1.90 bits per heavy atom. The summed E-state index contributed by atoms with van der Waals surface area (Å²) in [6.07, 6.45) is 1.87. The standard InChI is InChI=1S/C17H15BrN2/c1-12-9-16(18)17(19-10-12)20-11-14-7-4-6-13-5-2-3-8-15(13)14/h2-10H,11H2,1H3,(H,19,20). The lowest BCUT2D eigenvalue weighted by Gasteiger charge is -2.10. The van der Waals surface area contributed by atoms with Gasteiger partial charge in [-0.15, -0.1) is 0 Å². The van der Waals surface area contributed by atoms with Gasteiger partial charge >= 0.3 is 0 Å². The molecule has 100 valence electrons. The summed E-state index contributed by atoms with van der Waals surface area (Å²) in [6, 6.07) is 16.9. The average Bonchev–Trinajstić information content (AvgIpc) is 2.46. The van der Waals surface area contributed by atoms with Crippen LogP contribution in [0.4, 0.5) is 5.82 Å². The molecular formula is C17H15BrN2. The van der Waals surface area contributed by atoms with Crippen LogP contribution in [0.2, 0.25) is 0 Å². The van der Waals surface area contributed by atoms with Crippen molar-refractivity contribution in [1.82, 2.24) is 4.98 Å². The molecule has 20 heavy (non-hydrogen) atoms. The number of fused-ring (bicyclic) bond motifs is 1. The molecule has 2 nitrogen and oxygen atoms in total. The third kappa shape index (κ3) is 2.68. The SMILES string of the molecule is Cc1cnc(NCc2cccc3ccccc23)c(Br)c1. The fraction of sp³-hybridized carbons (Fsp3) is 0.118. The van der Waals surface area contributed by atoms with E-state index in [4.69, 9.17) is 0 Å². The van der Waals surface area contributed by atoms with Crippen molar-refractivity contribution < 1.29 is 0 Å². The summed E-state index contributed by atoms with van der Waals surface area (Å²) in [5, 5.41) is 5.94. The number of anilines is 1. The molecule has 0 saturated heterocycles. The first-order valence-corrected chi connectivity index (χ1v) is 7.36. The van der Waals surface area contributed by atoms with E-state index in [9.17, 15) is 0 Å². The Bertz CT molecular complexity index is 748. The van der Waals surface area contributed by atoms with Gasteiger partial charge in [0, 0.05) is 12.7 Å². The Labute approximate surface area is 127 Å². The van der Waals surface area contributed by atoms with Crippen molar-refractivity contribution in [3.05, 3.63) is 70.3 Å². The predicted octanol–water partition coefficient (Wildman–Crippen LogP) is 4.92. The van der Waals surface area contributed by atoms with E-state index in [1.54, 1.807) is 0 Å². The Morgan fingerprint density at radius 1 is 1.10 bits per heavy atom. The Balaban J connectivity index is 1.87. The molecule has 0 radical (unpaired) electrons. The molecule has 3 aromatic rings. The fourth-order valence-electron chi connectivity index (χ4n) is 2.29. The molecule has 0 aliphatic rings. The number of hydrogen-bond acceptors (Lipinski definition) is 2. The van der Waals surface area contributed by atoms with Crippen LogP contribution >= 0.6 is 15.9 Å². The monoisotopic (exact) mass is 326 g/mol. The quantitative estimate of drug-likeness (QED) is 0.739. The molecule has 0 fully saturated rings. The summed E-state index contributed by atoms with van der Waals surface area (Å²) < 4.78 is 0.998. The van der Waals surface area contributed by atoms with Crippen molar-refractivity contribution in [3.63, 3.8) is 0 Å². The smallest absolute Gasteiger partial charge is 0.140 e. The summed E-state index contributed by atoms with van der Waals surface area (Å²) in [4.78, 5) is 4.41. The first-order valence-electron chi connectivity index (χ1n) is 6.57. The number of pyridine rings is 1. The molecule has 0 aliphatic carbocycles. The van der Waals surface area contributed by atoms with Crippen molar-refractivity contribution in [2.24, 2.45) is 0 Å².